The third kappa shape index (κ3) is 4.04. The minimum absolute atomic E-state index is 0.231. The van der Waals surface area contributed by atoms with Crippen molar-refractivity contribution in [2.75, 3.05) is 17.7 Å². The zero-order valence-corrected chi connectivity index (χ0v) is 15.2. The molecule has 0 saturated heterocycles. The molecular weight excluding hydrogens is 358 g/mol. The van der Waals surface area contributed by atoms with Crippen molar-refractivity contribution in [2.45, 2.75) is 6.92 Å². The average Bonchev–Trinajstić information content (AvgIpc) is 3.25. The number of aryl methyl sites for hydroxylation is 1. The monoisotopic (exact) mass is 373 g/mol. The summed E-state index contributed by atoms with van der Waals surface area (Å²) < 4.78 is 5.09. The van der Waals surface area contributed by atoms with Gasteiger partial charge >= 0.3 is 0 Å². The van der Waals surface area contributed by atoms with Gasteiger partial charge in [0.05, 0.1) is 17.7 Å². The van der Waals surface area contributed by atoms with Crippen LogP contribution >= 0.6 is 22.7 Å². The molecule has 2 aromatic heterocycles. The maximum absolute atomic E-state index is 12.4. The first-order valence-electron chi connectivity index (χ1n) is 7.34. The lowest BCUT2D eigenvalue weighted by Crippen LogP contribution is -2.11. The van der Waals surface area contributed by atoms with Crippen LogP contribution in [-0.4, -0.2) is 23.9 Å². The normalized spacial score (nSPS) is 10.3. The van der Waals surface area contributed by atoms with Crippen LogP contribution < -0.4 is 15.4 Å². The van der Waals surface area contributed by atoms with Gasteiger partial charge in [0.2, 0.25) is 0 Å². The van der Waals surface area contributed by atoms with E-state index in [0.717, 1.165) is 11.3 Å². The molecule has 0 aliphatic carbocycles. The molecule has 0 radical (unpaired) electrons. The van der Waals surface area contributed by atoms with E-state index in [2.05, 4.69) is 15.6 Å². The number of thiazole rings is 1. The zero-order valence-electron chi connectivity index (χ0n) is 13.5. The lowest BCUT2D eigenvalue weighted by molar-refractivity contribution is 0.102. The number of nitrogens with zero attached hydrogens (tertiary/aromatic N) is 1. The van der Waals surface area contributed by atoms with E-state index < -0.39 is 0 Å². The smallest absolute Gasteiger partial charge is 0.267 e. The topological polar surface area (TPSA) is 80.3 Å². The van der Waals surface area contributed by atoms with Gasteiger partial charge in [0.15, 0.2) is 5.13 Å². The highest BCUT2D eigenvalue weighted by molar-refractivity contribution is 7.18. The molecule has 3 rings (SSSR count). The van der Waals surface area contributed by atoms with Crippen molar-refractivity contribution < 1.29 is 14.3 Å². The summed E-state index contributed by atoms with van der Waals surface area (Å²) in [6.45, 7) is 1.74. The minimum Gasteiger partial charge on any atom is -0.497 e. The second-order valence-corrected chi connectivity index (χ2v) is 6.99. The van der Waals surface area contributed by atoms with Crippen LogP contribution in [0.5, 0.6) is 5.75 Å². The Balaban J connectivity index is 1.70. The molecule has 3 aromatic rings. The molecule has 6 nitrogen and oxygen atoms in total. The van der Waals surface area contributed by atoms with E-state index in [9.17, 15) is 9.59 Å². The quantitative estimate of drug-likeness (QED) is 0.708. The van der Waals surface area contributed by atoms with Gasteiger partial charge in [-0.25, -0.2) is 4.98 Å². The Morgan fingerprint density at radius 2 is 1.84 bits per heavy atom. The van der Waals surface area contributed by atoms with E-state index >= 15 is 0 Å². The van der Waals surface area contributed by atoms with Crippen molar-refractivity contribution in [3.63, 3.8) is 0 Å². The van der Waals surface area contributed by atoms with E-state index in [1.807, 2.05) is 5.38 Å². The van der Waals surface area contributed by atoms with Gasteiger partial charge < -0.3 is 10.1 Å². The van der Waals surface area contributed by atoms with E-state index in [1.54, 1.807) is 50.4 Å². The molecule has 0 unspecified atom stereocenters. The van der Waals surface area contributed by atoms with Crippen molar-refractivity contribution in [3.05, 3.63) is 57.2 Å². The number of carbonyl (C=O) groups excluding carboxylic acids is 2. The van der Waals surface area contributed by atoms with Gasteiger partial charge in [-0.2, -0.15) is 0 Å². The van der Waals surface area contributed by atoms with Crippen LogP contribution in [0.25, 0.3) is 0 Å². The summed E-state index contributed by atoms with van der Waals surface area (Å²) in [6, 6.07) is 10.6. The van der Waals surface area contributed by atoms with Gasteiger partial charge in [0.1, 0.15) is 10.6 Å². The number of rotatable bonds is 5. The molecule has 1 aromatic carbocycles. The highest BCUT2D eigenvalue weighted by Gasteiger charge is 2.17. The number of aromatic nitrogens is 1. The Morgan fingerprint density at radius 3 is 2.48 bits per heavy atom. The van der Waals surface area contributed by atoms with Crippen LogP contribution in [0.3, 0.4) is 0 Å². The molecule has 2 N–H and O–H groups in total. The number of methoxy groups -OCH3 is 1. The number of thiophene rings is 1. The number of nitrogens with one attached hydrogen (secondary N) is 2. The minimum atomic E-state index is -0.267. The molecule has 0 saturated carbocycles. The number of benzene rings is 1. The van der Waals surface area contributed by atoms with Crippen LogP contribution in [0.1, 0.15) is 25.0 Å². The molecule has 0 aliphatic heterocycles. The van der Waals surface area contributed by atoms with Gasteiger partial charge in [0.25, 0.3) is 11.8 Å². The third-order valence-electron chi connectivity index (χ3n) is 3.32. The molecule has 0 bridgehead atoms. The van der Waals surface area contributed by atoms with Crippen molar-refractivity contribution in [1.82, 2.24) is 4.98 Å². The summed E-state index contributed by atoms with van der Waals surface area (Å²) in [6.07, 6.45) is 0. The Labute approximate surface area is 152 Å². The van der Waals surface area contributed by atoms with Crippen LogP contribution in [-0.2, 0) is 0 Å². The predicted octanol–water partition coefficient (Wildman–Crippen LogP) is 4.03. The molecule has 0 aliphatic rings. The van der Waals surface area contributed by atoms with Crippen molar-refractivity contribution in [1.29, 1.82) is 0 Å². The Morgan fingerprint density at radius 1 is 1.08 bits per heavy atom. The molecule has 0 atom stereocenters. The largest absolute Gasteiger partial charge is 0.497 e. The fourth-order valence-electron chi connectivity index (χ4n) is 2.09. The van der Waals surface area contributed by atoms with Crippen LogP contribution in [0.15, 0.2) is 41.8 Å². The van der Waals surface area contributed by atoms with Gasteiger partial charge in [-0.05, 0) is 42.6 Å². The van der Waals surface area contributed by atoms with Crippen LogP contribution in [0.4, 0.5) is 10.8 Å². The molecular formula is C17H15N3O3S2. The first kappa shape index (κ1) is 17.1. The average molecular weight is 373 g/mol. The summed E-state index contributed by atoms with van der Waals surface area (Å²) >= 11 is 2.49. The second-order valence-electron chi connectivity index (χ2n) is 5.05. The number of anilines is 2. The van der Waals surface area contributed by atoms with Crippen LogP contribution in [0, 0.1) is 6.92 Å². The van der Waals surface area contributed by atoms with Crippen molar-refractivity contribution in [3.8, 4) is 5.75 Å². The van der Waals surface area contributed by atoms with E-state index in [1.165, 1.54) is 11.3 Å². The van der Waals surface area contributed by atoms with Crippen LogP contribution in [0.2, 0.25) is 0 Å². The zero-order chi connectivity index (χ0) is 17.8. The summed E-state index contributed by atoms with van der Waals surface area (Å²) in [5.74, 6) is 0.216. The predicted molar refractivity (Wildman–Crippen MR) is 100 cm³/mol. The highest BCUT2D eigenvalue weighted by atomic mass is 32.1. The number of amides is 2. The molecule has 2 heterocycles. The second kappa shape index (κ2) is 7.45. The SMILES string of the molecule is COc1ccc(NC(=O)c2sc(NC(=O)c3cccs3)nc2C)cc1. The van der Waals surface area contributed by atoms with E-state index in [0.29, 0.717) is 32.0 Å². The number of ether oxygens (including phenoxy) is 1. The Bertz CT molecular complexity index is 887. The molecule has 2 amide bonds. The fourth-order valence-corrected chi connectivity index (χ4v) is 3.56. The van der Waals surface area contributed by atoms with Gasteiger partial charge in [-0.1, -0.05) is 17.4 Å². The first-order chi connectivity index (χ1) is 12.1. The number of carbonyl (C=O) groups is 2. The van der Waals surface area contributed by atoms with Gasteiger partial charge in [-0.15, -0.1) is 11.3 Å². The maximum Gasteiger partial charge on any atom is 0.267 e. The molecule has 0 spiro atoms. The van der Waals surface area contributed by atoms with Gasteiger partial charge in [0, 0.05) is 5.69 Å². The molecule has 0 fully saturated rings. The van der Waals surface area contributed by atoms with Crippen molar-refractivity contribution >= 4 is 45.3 Å². The lowest BCUT2D eigenvalue weighted by atomic mass is 10.3. The van der Waals surface area contributed by atoms with Gasteiger partial charge in [-0.3, -0.25) is 14.9 Å². The summed E-state index contributed by atoms with van der Waals surface area (Å²) in [5, 5.41) is 7.76. The van der Waals surface area contributed by atoms with Crippen molar-refractivity contribution in [2.24, 2.45) is 0 Å². The summed E-state index contributed by atoms with van der Waals surface area (Å²) in [7, 11) is 1.58. The highest BCUT2D eigenvalue weighted by Crippen LogP contribution is 2.25. The van der Waals surface area contributed by atoms with E-state index in [-0.39, 0.29) is 11.8 Å². The fraction of sp³-hybridized carbons (Fsp3) is 0.118. The summed E-state index contributed by atoms with van der Waals surface area (Å²) in [4.78, 5) is 29.8. The Hall–Kier alpha value is -2.71. The molecule has 128 valence electrons. The molecule has 8 heteroatoms. The summed E-state index contributed by atoms with van der Waals surface area (Å²) in [5.41, 5.74) is 1.22. The van der Waals surface area contributed by atoms with E-state index in [4.69, 9.17) is 4.74 Å². The number of hydrogen-bond acceptors (Lipinski definition) is 6. The standard InChI is InChI=1S/C17H15N3O3S2/c1-10-14(16(22)19-11-5-7-12(23-2)8-6-11)25-17(18-10)20-15(21)13-4-3-9-24-13/h3-9H,1-2H3,(H,19,22)(H,18,20,21). The Kier molecular flexibility index (Phi) is 5.11. The first-order valence-corrected chi connectivity index (χ1v) is 9.04. The number of hydrogen-bond donors (Lipinski definition) is 2. The maximum atomic E-state index is 12.4. The molecule has 25 heavy (non-hydrogen) atoms. The lowest BCUT2D eigenvalue weighted by Gasteiger charge is -2.05. The third-order valence-corrected chi connectivity index (χ3v) is 5.26.